The molecular weight excluding hydrogens is 370 g/mol. The summed E-state index contributed by atoms with van der Waals surface area (Å²) in [6.45, 7) is 0.595. The van der Waals surface area contributed by atoms with Crippen molar-refractivity contribution in [1.29, 1.82) is 0 Å². The molecule has 148 valence electrons. The molecule has 8 heteroatoms. The van der Waals surface area contributed by atoms with E-state index in [1.807, 2.05) is 24.3 Å². The molecule has 3 heterocycles. The summed E-state index contributed by atoms with van der Waals surface area (Å²) in [4.78, 5) is 36.8. The van der Waals surface area contributed by atoms with Crippen molar-refractivity contribution < 1.29 is 14.3 Å². The number of amides is 2. The number of fused-ring (bicyclic) bond motifs is 2. The molecule has 1 aliphatic rings. The summed E-state index contributed by atoms with van der Waals surface area (Å²) >= 11 is 0. The SMILES string of the molecule is COc1ccc(CN(C)C(=O)c2cnc3c(c2)N(C)C(=O)CN3)c2cccnc12. The molecule has 0 spiro atoms. The summed E-state index contributed by atoms with van der Waals surface area (Å²) in [7, 11) is 5.03. The number of carbonyl (C=O) groups excluding carboxylic acids is 2. The average molecular weight is 391 g/mol. The van der Waals surface area contributed by atoms with Crippen molar-refractivity contribution in [2.75, 3.05) is 38.0 Å². The Kier molecular flexibility index (Phi) is 4.75. The van der Waals surface area contributed by atoms with Crippen LogP contribution in [0.15, 0.2) is 42.7 Å². The molecule has 1 aromatic carbocycles. The van der Waals surface area contributed by atoms with Crippen LogP contribution >= 0.6 is 0 Å². The highest BCUT2D eigenvalue weighted by molar-refractivity contribution is 6.03. The quantitative estimate of drug-likeness (QED) is 0.734. The lowest BCUT2D eigenvalue weighted by Gasteiger charge is -2.26. The largest absolute Gasteiger partial charge is 0.494 e. The second-order valence-corrected chi connectivity index (χ2v) is 6.89. The number of hydrogen-bond acceptors (Lipinski definition) is 6. The van der Waals surface area contributed by atoms with Gasteiger partial charge < -0.3 is 19.9 Å². The van der Waals surface area contributed by atoms with Gasteiger partial charge in [0.15, 0.2) is 0 Å². The van der Waals surface area contributed by atoms with Crippen molar-refractivity contribution in [1.82, 2.24) is 14.9 Å². The van der Waals surface area contributed by atoms with Crippen molar-refractivity contribution in [2.45, 2.75) is 6.54 Å². The van der Waals surface area contributed by atoms with Crippen LogP contribution in [0, 0.1) is 0 Å². The highest BCUT2D eigenvalue weighted by Gasteiger charge is 2.24. The van der Waals surface area contributed by atoms with Gasteiger partial charge in [-0.3, -0.25) is 14.6 Å². The summed E-state index contributed by atoms with van der Waals surface area (Å²) in [5.41, 5.74) is 2.74. The number of nitrogens with one attached hydrogen (secondary N) is 1. The van der Waals surface area contributed by atoms with Crippen molar-refractivity contribution in [3.8, 4) is 5.75 Å². The van der Waals surface area contributed by atoms with E-state index >= 15 is 0 Å². The minimum atomic E-state index is -0.181. The van der Waals surface area contributed by atoms with Crippen LogP contribution in [-0.4, -0.2) is 54.4 Å². The first kappa shape index (κ1) is 18.7. The Morgan fingerprint density at radius 1 is 1.31 bits per heavy atom. The van der Waals surface area contributed by atoms with Gasteiger partial charge in [0.1, 0.15) is 17.1 Å². The molecule has 8 nitrogen and oxygen atoms in total. The summed E-state index contributed by atoms with van der Waals surface area (Å²) in [5, 5.41) is 3.90. The van der Waals surface area contributed by atoms with E-state index in [1.54, 1.807) is 38.4 Å². The minimum absolute atomic E-state index is 0.0746. The number of pyridine rings is 2. The van der Waals surface area contributed by atoms with Gasteiger partial charge in [-0.1, -0.05) is 12.1 Å². The van der Waals surface area contributed by atoms with Crippen molar-refractivity contribution in [3.05, 3.63) is 53.9 Å². The molecule has 29 heavy (non-hydrogen) atoms. The van der Waals surface area contributed by atoms with Gasteiger partial charge in [-0.2, -0.15) is 0 Å². The molecule has 0 unspecified atom stereocenters. The van der Waals surface area contributed by atoms with Gasteiger partial charge in [0.05, 0.1) is 24.9 Å². The van der Waals surface area contributed by atoms with Gasteiger partial charge in [-0.15, -0.1) is 0 Å². The topological polar surface area (TPSA) is 87.7 Å². The summed E-state index contributed by atoms with van der Waals surface area (Å²) < 4.78 is 5.39. The number of aromatic nitrogens is 2. The molecule has 0 aliphatic carbocycles. The highest BCUT2D eigenvalue weighted by Crippen LogP contribution is 2.29. The zero-order valence-electron chi connectivity index (χ0n) is 16.5. The summed E-state index contributed by atoms with van der Waals surface area (Å²) in [6, 6.07) is 9.31. The van der Waals surface area contributed by atoms with Crippen LogP contribution in [0.2, 0.25) is 0 Å². The lowest BCUT2D eigenvalue weighted by molar-refractivity contribution is -0.116. The Morgan fingerprint density at radius 3 is 2.93 bits per heavy atom. The van der Waals surface area contributed by atoms with E-state index in [2.05, 4.69) is 15.3 Å². The lowest BCUT2D eigenvalue weighted by Crippen LogP contribution is -2.37. The molecule has 2 amide bonds. The molecule has 1 N–H and O–H groups in total. The van der Waals surface area contributed by atoms with Crippen LogP contribution in [0.1, 0.15) is 15.9 Å². The van der Waals surface area contributed by atoms with Gasteiger partial charge in [-0.25, -0.2) is 4.98 Å². The number of methoxy groups -OCH3 is 1. The Labute approximate surface area is 168 Å². The number of anilines is 2. The molecule has 0 fully saturated rings. The molecule has 0 saturated carbocycles. The maximum absolute atomic E-state index is 13.0. The normalized spacial score (nSPS) is 13.1. The fourth-order valence-corrected chi connectivity index (χ4v) is 3.43. The second-order valence-electron chi connectivity index (χ2n) is 6.89. The predicted molar refractivity (Wildman–Crippen MR) is 110 cm³/mol. The molecule has 1 aliphatic heterocycles. The highest BCUT2D eigenvalue weighted by atomic mass is 16.5. The molecule has 0 atom stereocenters. The van der Waals surface area contributed by atoms with Gasteiger partial charge in [0.25, 0.3) is 5.91 Å². The van der Waals surface area contributed by atoms with Crippen molar-refractivity contribution in [2.24, 2.45) is 0 Å². The first-order valence-electron chi connectivity index (χ1n) is 9.16. The third-order valence-electron chi connectivity index (χ3n) is 5.05. The maximum Gasteiger partial charge on any atom is 0.255 e. The number of rotatable bonds is 4. The fraction of sp³-hybridized carbons (Fsp3) is 0.238. The molecular formula is C21H21N5O3. The van der Waals surface area contributed by atoms with Crippen LogP contribution in [0.5, 0.6) is 5.75 Å². The number of ether oxygens (including phenoxy) is 1. The maximum atomic E-state index is 13.0. The smallest absolute Gasteiger partial charge is 0.255 e. The lowest BCUT2D eigenvalue weighted by atomic mass is 10.1. The number of carbonyl (C=O) groups is 2. The Morgan fingerprint density at radius 2 is 2.14 bits per heavy atom. The van der Waals surface area contributed by atoms with Crippen molar-refractivity contribution >= 4 is 34.2 Å². The van der Waals surface area contributed by atoms with Crippen LogP contribution in [0.3, 0.4) is 0 Å². The van der Waals surface area contributed by atoms with Gasteiger partial charge >= 0.3 is 0 Å². The van der Waals surface area contributed by atoms with E-state index in [9.17, 15) is 9.59 Å². The second kappa shape index (κ2) is 7.38. The van der Waals surface area contributed by atoms with Gasteiger partial charge in [0.2, 0.25) is 5.91 Å². The Bertz CT molecular complexity index is 1110. The zero-order valence-corrected chi connectivity index (χ0v) is 16.5. The summed E-state index contributed by atoms with van der Waals surface area (Å²) in [5.74, 6) is 1.03. The predicted octanol–water partition coefficient (Wildman–Crippen LogP) is 2.30. The average Bonchev–Trinajstić information content (AvgIpc) is 2.76. The third kappa shape index (κ3) is 3.33. The molecule has 0 saturated heterocycles. The van der Waals surface area contributed by atoms with Gasteiger partial charge in [-0.05, 0) is 23.8 Å². The minimum Gasteiger partial charge on any atom is -0.494 e. The number of hydrogen-bond donors (Lipinski definition) is 1. The van der Waals surface area contributed by atoms with Crippen molar-refractivity contribution in [3.63, 3.8) is 0 Å². The molecule has 3 aromatic rings. The zero-order chi connectivity index (χ0) is 20.5. The molecule has 0 bridgehead atoms. The van der Waals surface area contributed by atoms with E-state index in [1.165, 1.54) is 11.1 Å². The van der Waals surface area contributed by atoms with Crippen LogP contribution in [-0.2, 0) is 11.3 Å². The van der Waals surface area contributed by atoms with Crippen LogP contribution < -0.4 is 15.0 Å². The summed E-state index contributed by atoms with van der Waals surface area (Å²) in [6.07, 6.45) is 3.25. The van der Waals surface area contributed by atoms with Gasteiger partial charge in [0, 0.05) is 38.4 Å². The fourth-order valence-electron chi connectivity index (χ4n) is 3.43. The monoisotopic (exact) mass is 391 g/mol. The van der Waals surface area contributed by atoms with Crippen LogP contribution in [0.4, 0.5) is 11.5 Å². The Hall–Kier alpha value is -3.68. The van der Waals surface area contributed by atoms with Crippen LogP contribution in [0.25, 0.3) is 10.9 Å². The van der Waals surface area contributed by atoms with E-state index in [4.69, 9.17) is 4.74 Å². The molecule has 2 aromatic heterocycles. The first-order valence-corrected chi connectivity index (χ1v) is 9.16. The van der Waals surface area contributed by atoms with E-state index in [-0.39, 0.29) is 18.4 Å². The number of benzene rings is 1. The van der Waals surface area contributed by atoms with E-state index in [0.29, 0.717) is 29.4 Å². The first-order chi connectivity index (χ1) is 14.0. The molecule has 0 radical (unpaired) electrons. The number of nitrogens with zero attached hydrogens (tertiary/aromatic N) is 4. The standard InChI is InChI=1S/C21H21N5O3/c1-25(12-13-6-7-17(29-3)19-15(13)5-4-8-22-19)21(28)14-9-16-20(23-10-14)24-11-18(27)26(16)2/h4-10H,11-12H2,1-3H3,(H,23,24). The number of likely N-dealkylation sites (N-methyl/N-ethyl adjacent to an activating group) is 1. The van der Waals surface area contributed by atoms with E-state index in [0.717, 1.165) is 16.5 Å². The molecule has 4 rings (SSSR count). The third-order valence-corrected chi connectivity index (χ3v) is 5.05. The Balaban J connectivity index is 1.62. The van der Waals surface area contributed by atoms with E-state index < -0.39 is 0 Å².